The number of nitro benzene ring substituents is 1. The molecular formula is C17H18N2O4. The van der Waals surface area contributed by atoms with Crippen molar-refractivity contribution in [2.24, 2.45) is 5.41 Å². The molecule has 1 aliphatic carbocycles. The van der Waals surface area contributed by atoms with E-state index in [1.807, 2.05) is 13.8 Å². The fourth-order valence-corrected chi connectivity index (χ4v) is 3.50. The Hall–Kier alpha value is -2.50. The highest BCUT2D eigenvalue weighted by molar-refractivity contribution is 6.02. The second kappa shape index (κ2) is 5.30. The number of rotatable bonds is 2. The van der Waals surface area contributed by atoms with E-state index in [4.69, 9.17) is 0 Å². The first kappa shape index (κ1) is 15.4. The Balaban J connectivity index is 2.08. The van der Waals surface area contributed by atoms with E-state index in [9.17, 15) is 19.7 Å². The molecule has 1 N–H and O–H groups in total. The lowest BCUT2D eigenvalue weighted by Crippen LogP contribution is -2.40. The van der Waals surface area contributed by atoms with Gasteiger partial charge in [-0.1, -0.05) is 26.0 Å². The number of carbonyl (C=O) groups excluding carboxylic acids is 2. The van der Waals surface area contributed by atoms with Gasteiger partial charge in [0.15, 0.2) is 5.78 Å². The number of non-ortho nitro benzene ring substituents is 1. The van der Waals surface area contributed by atoms with Crippen LogP contribution >= 0.6 is 0 Å². The van der Waals surface area contributed by atoms with Crippen LogP contribution < -0.4 is 5.32 Å². The Labute approximate surface area is 133 Å². The van der Waals surface area contributed by atoms with Gasteiger partial charge in [-0.3, -0.25) is 19.7 Å². The second-order valence-corrected chi connectivity index (χ2v) is 6.99. The summed E-state index contributed by atoms with van der Waals surface area (Å²) in [5.41, 5.74) is 1.73. The summed E-state index contributed by atoms with van der Waals surface area (Å²) in [7, 11) is 0. The van der Waals surface area contributed by atoms with Gasteiger partial charge in [-0.15, -0.1) is 0 Å². The van der Waals surface area contributed by atoms with Gasteiger partial charge in [0.05, 0.1) is 4.92 Å². The van der Waals surface area contributed by atoms with Gasteiger partial charge in [-0.25, -0.2) is 0 Å². The molecule has 0 fully saturated rings. The monoisotopic (exact) mass is 314 g/mol. The highest BCUT2D eigenvalue weighted by atomic mass is 16.6. The largest absolute Gasteiger partial charge is 0.329 e. The number of nitro groups is 1. The number of nitrogens with zero attached hydrogens (tertiary/aromatic N) is 1. The summed E-state index contributed by atoms with van der Waals surface area (Å²) in [5.74, 6) is -0.527. The maximum atomic E-state index is 12.6. The van der Waals surface area contributed by atoms with Gasteiger partial charge in [-0.05, 0) is 17.4 Å². The Morgan fingerprint density at radius 3 is 2.70 bits per heavy atom. The van der Waals surface area contributed by atoms with Crippen LogP contribution in [0.1, 0.15) is 44.6 Å². The normalized spacial score (nSPS) is 23.3. The van der Waals surface area contributed by atoms with E-state index in [1.165, 1.54) is 12.1 Å². The van der Waals surface area contributed by atoms with Crippen LogP contribution in [-0.4, -0.2) is 16.6 Å². The molecule has 0 radical (unpaired) electrons. The number of carbonyl (C=O) groups is 2. The number of hydrogen-bond donors (Lipinski definition) is 1. The number of hydrogen-bond acceptors (Lipinski definition) is 4. The molecule has 1 heterocycles. The first-order valence-electron chi connectivity index (χ1n) is 7.57. The average molecular weight is 314 g/mol. The van der Waals surface area contributed by atoms with Crippen molar-refractivity contribution in [2.75, 3.05) is 0 Å². The minimum atomic E-state index is -0.465. The standard InChI is InChI=1S/C17H18N2O4/c1-17(2)8-13-16(14(20)9-17)12(7-15(21)18-13)10-4-3-5-11(6-10)19(22)23/h3-6,12H,7-9H2,1-2H3,(H,18,21)/t12-/m1/s1. The summed E-state index contributed by atoms with van der Waals surface area (Å²) in [5, 5.41) is 13.8. The number of benzene rings is 1. The molecule has 0 unspecified atom stereocenters. The van der Waals surface area contributed by atoms with Crippen molar-refractivity contribution < 1.29 is 14.5 Å². The minimum Gasteiger partial charge on any atom is -0.329 e. The van der Waals surface area contributed by atoms with Crippen LogP contribution in [0.15, 0.2) is 35.5 Å². The topological polar surface area (TPSA) is 89.3 Å². The number of amides is 1. The van der Waals surface area contributed by atoms with E-state index in [1.54, 1.807) is 12.1 Å². The zero-order valence-corrected chi connectivity index (χ0v) is 13.1. The molecule has 0 saturated carbocycles. The summed E-state index contributed by atoms with van der Waals surface area (Å²) in [6.45, 7) is 4.00. The third-order valence-electron chi connectivity index (χ3n) is 4.43. The van der Waals surface area contributed by atoms with Crippen LogP contribution in [-0.2, 0) is 9.59 Å². The van der Waals surface area contributed by atoms with Crippen molar-refractivity contribution in [2.45, 2.75) is 39.0 Å². The van der Waals surface area contributed by atoms with Crippen molar-refractivity contribution in [3.63, 3.8) is 0 Å². The smallest absolute Gasteiger partial charge is 0.269 e. The molecule has 1 atom stereocenters. The SMILES string of the molecule is CC1(C)CC(=O)C2=C(C1)NC(=O)C[C@@H]2c1cccc([N+](=O)[O-])c1. The van der Waals surface area contributed by atoms with E-state index in [2.05, 4.69) is 5.32 Å². The lowest BCUT2D eigenvalue weighted by molar-refractivity contribution is -0.384. The third kappa shape index (κ3) is 2.88. The van der Waals surface area contributed by atoms with E-state index in [-0.39, 0.29) is 29.2 Å². The quantitative estimate of drug-likeness (QED) is 0.671. The molecule has 6 nitrogen and oxygen atoms in total. The molecule has 2 aliphatic rings. The molecule has 120 valence electrons. The van der Waals surface area contributed by atoms with Crippen LogP contribution in [0.25, 0.3) is 0 Å². The molecule has 0 spiro atoms. The molecule has 0 bridgehead atoms. The van der Waals surface area contributed by atoms with Crippen molar-refractivity contribution in [3.05, 3.63) is 51.2 Å². The number of allylic oxidation sites excluding steroid dienone is 2. The predicted molar refractivity (Wildman–Crippen MR) is 83.6 cm³/mol. The molecular weight excluding hydrogens is 296 g/mol. The lowest BCUT2D eigenvalue weighted by Gasteiger charge is -2.37. The number of Topliss-reactive ketones (excluding diaryl/α,β-unsaturated/α-hetero) is 1. The summed E-state index contributed by atoms with van der Waals surface area (Å²) >= 11 is 0. The van der Waals surface area contributed by atoms with Gasteiger partial charge in [0.2, 0.25) is 5.91 Å². The fraction of sp³-hybridized carbons (Fsp3) is 0.412. The predicted octanol–water partition coefficient (Wildman–Crippen LogP) is 2.84. The first-order valence-corrected chi connectivity index (χ1v) is 7.57. The Morgan fingerprint density at radius 2 is 2.00 bits per heavy atom. The van der Waals surface area contributed by atoms with Crippen LogP contribution in [0.3, 0.4) is 0 Å². The third-order valence-corrected chi connectivity index (χ3v) is 4.43. The molecule has 1 aromatic rings. The van der Waals surface area contributed by atoms with E-state index in [0.717, 1.165) is 0 Å². The fourth-order valence-electron chi connectivity index (χ4n) is 3.50. The second-order valence-electron chi connectivity index (χ2n) is 6.99. The van der Waals surface area contributed by atoms with E-state index < -0.39 is 10.8 Å². The molecule has 3 rings (SSSR count). The maximum Gasteiger partial charge on any atom is 0.269 e. The summed E-state index contributed by atoms with van der Waals surface area (Å²) in [4.78, 5) is 35.2. The first-order chi connectivity index (χ1) is 10.8. The molecule has 1 aliphatic heterocycles. The van der Waals surface area contributed by atoms with E-state index in [0.29, 0.717) is 29.7 Å². The van der Waals surface area contributed by atoms with Crippen molar-refractivity contribution in [1.29, 1.82) is 0 Å². The maximum absolute atomic E-state index is 12.6. The Bertz CT molecular complexity index is 749. The van der Waals surface area contributed by atoms with Gasteiger partial charge < -0.3 is 5.32 Å². The summed E-state index contributed by atoms with van der Waals surface area (Å²) in [6.07, 6.45) is 1.20. The van der Waals surface area contributed by atoms with Gasteiger partial charge in [0.25, 0.3) is 5.69 Å². The van der Waals surface area contributed by atoms with Crippen LogP contribution in [0.2, 0.25) is 0 Å². The van der Waals surface area contributed by atoms with Gasteiger partial charge in [0, 0.05) is 42.2 Å². The molecule has 1 aromatic carbocycles. The molecule has 23 heavy (non-hydrogen) atoms. The molecule has 0 saturated heterocycles. The number of ketones is 1. The highest BCUT2D eigenvalue weighted by Gasteiger charge is 2.40. The van der Waals surface area contributed by atoms with Crippen LogP contribution in [0.4, 0.5) is 5.69 Å². The summed E-state index contributed by atoms with van der Waals surface area (Å²) in [6, 6.07) is 6.21. The Morgan fingerprint density at radius 1 is 1.26 bits per heavy atom. The van der Waals surface area contributed by atoms with Crippen molar-refractivity contribution in [1.82, 2.24) is 5.32 Å². The van der Waals surface area contributed by atoms with Crippen LogP contribution in [0, 0.1) is 15.5 Å². The van der Waals surface area contributed by atoms with Gasteiger partial charge in [0.1, 0.15) is 0 Å². The van der Waals surface area contributed by atoms with Gasteiger partial charge >= 0.3 is 0 Å². The summed E-state index contributed by atoms with van der Waals surface area (Å²) < 4.78 is 0. The lowest BCUT2D eigenvalue weighted by atomic mass is 9.70. The Kier molecular flexibility index (Phi) is 3.55. The van der Waals surface area contributed by atoms with Crippen molar-refractivity contribution >= 4 is 17.4 Å². The highest BCUT2D eigenvalue weighted by Crippen LogP contribution is 2.44. The van der Waals surface area contributed by atoms with E-state index >= 15 is 0 Å². The van der Waals surface area contributed by atoms with Gasteiger partial charge in [-0.2, -0.15) is 0 Å². The zero-order chi connectivity index (χ0) is 16.8. The minimum absolute atomic E-state index is 0.0211. The molecule has 0 aromatic heterocycles. The average Bonchev–Trinajstić information content (AvgIpc) is 2.44. The molecule has 6 heteroatoms. The van der Waals surface area contributed by atoms with Crippen LogP contribution in [0.5, 0.6) is 0 Å². The number of nitrogens with one attached hydrogen (secondary N) is 1. The zero-order valence-electron chi connectivity index (χ0n) is 13.1. The molecule has 1 amide bonds. The van der Waals surface area contributed by atoms with Crippen molar-refractivity contribution in [3.8, 4) is 0 Å².